The number of likely N-dealkylation sites (N-methyl/N-ethyl adjacent to an activating group) is 1. The summed E-state index contributed by atoms with van der Waals surface area (Å²) in [5, 5.41) is 17.7. The maximum absolute atomic E-state index is 12.8. The molecule has 0 unspecified atom stereocenters. The number of thiazole rings is 1. The van der Waals surface area contributed by atoms with Gasteiger partial charge in [0.15, 0.2) is 5.13 Å². The Hall–Kier alpha value is -2.16. The molecule has 0 radical (unpaired) electrons. The van der Waals surface area contributed by atoms with Gasteiger partial charge in [-0.2, -0.15) is 0 Å². The maximum atomic E-state index is 12.8. The van der Waals surface area contributed by atoms with Crippen LogP contribution in [0.5, 0.6) is 0 Å². The van der Waals surface area contributed by atoms with Crippen molar-refractivity contribution in [3.8, 4) is 0 Å². The molecule has 1 fully saturated rings. The van der Waals surface area contributed by atoms with Gasteiger partial charge in [0.1, 0.15) is 11.4 Å². The minimum absolute atomic E-state index is 0.0777. The highest BCUT2D eigenvalue weighted by Gasteiger charge is 2.51. The Morgan fingerprint density at radius 1 is 1.44 bits per heavy atom. The average molecular weight is 496 g/mol. The molecule has 172 valence electrons. The summed E-state index contributed by atoms with van der Waals surface area (Å²) in [6.07, 6.45) is 0.119. The Bertz CT molecular complexity index is 1030. The van der Waals surface area contributed by atoms with Crippen molar-refractivity contribution < 1.29 is 9.59 Å². The molecule has 32 heavy (non-hydrogen) atoms. The first-order chi connectivity index (χ1) is 15.3. The van der Waals surface area contributed by atoms with E-state index in [0.29, 0.717) is 16.6 Å². The zero-order chi connectivity index (χ0) is 22.8. The number of nitrogen functional groups attached to an aromatic ring is 1. The quantitative estimate of drug-likeness (QED) is 0.369. The van der Waals surface area contributed by atoms with E-state index in [0.717, 1.165) is 29.7 Å². The van der Waals surface area contributed by atoms with E-state index >= 15 is 0 Å². The van der Waals surface area contributed by atoms with Crippen LogP contribution in [0.1, 0.15) is 12.6 Å². The van der Waals surface area contributed by atoms with Crippen molar-refractivity contribution in [2.24, 2.45) is 0 Å². The van der Waals surface area contributed by atoms with E-state index in [-0.39, 0.29) is 23.6 Å². The van der Waals surface area contributed by atoms with Crippen LogP contribution >= 0.6 is 34.9 Å². The van der Waals surface area contributed by atoms with Gasteiger partial charge in [0.2, 0.25) is 11.1 Å². The molecule has 0 aromatic carbocycles. The van der Waals surface area contributed by atoms with Crippen molar-refractivity contribution >= 4 is 51.8 Å². The highest BCUT2D eigenvalue weighted by molar-refractivity contribution is 8.01. The lowest BCUT2D eigenvalue weighted by Gasteiger charge is -2.50. The van der Waals surface area contributed by atoms with Crippen LogP contribution < -0.4 is 11.1 Å². The fourth-order valence-electron chi connectivity index (χ4n) is 3.41. The number of β-lactam (4-membered cyclic amide) rings is 1. The number of anilines is 1. The van der Waals surface area contributed by atoms with Crippen LogP contribution in [-0.2, 0) is 22.6 Å². The molecule has 11 nitrogen and oxygen atoms in total. The van der Waals surface area contributed by atoms with Crippen LogP contribution in [-0.4, -0.2) is 90.4 Å². The van der Waals surface area contributed by atoms with Crippen molar-refractivity contribution in [2.45, 2.75) is 36.5 Å². The minimum Gasteiger partial charge on any atom is -0.375 e. The number of amides is 2. The Labute approximate surface area is 198 Å². The Kier molecular flexibility index (Phi) is 7.02. The summed E-state index contributed by atoms with van der Waals surface area (Å²) in [4.78, 5) is 33.1. The molecule has 0 saturated carbocycles. The van der Waals surface area contributed by atoms with Crippen molar-refractivity contribution in [2.75, 3.05) is 37.9 Å². The summed E-state index contributed by atoms with van der Waals surface area (Å²) >= 11 is 4.53. The molecule has 2 aromatic rings. The third kappa shape index (κ3) is 4.92. The second-order valence-corrected chi connectivity index (χ2v) is 10.7. The van der Waals surface area contributed by atoms with Crippen LogP contribution in [0, 0.1) is 0 Å². The maximum Gasteiger partial charge on any atom is 0.253 e. The van der Waals surface area contributed by atoms with Crippen LogP contribution in [0.25, 0.3) is 0 Å². The fraction of sp³-hybridized carbons (Fsp3) is 0.556. The highest BCUT2D eigenvalue weighted by Crippen LogP contribution is 2.41. The van der Waals surface area contributed by atoms with E-state index in [1.165, 1.54) is 16.9 Å². The molecule has 14 heteroatoms. The van der Waals surface area contributed by atoms with E-state index in [1.807, 2.05) is 21.0 Å². The number of rotatable bonds is 9. The largest absolute Gasteiger partial charge is 0.375 e. The fourth-order valence-corrected chi connectivity index (χ4v) is 6.56. The number of aromatic nitrogens is 5. The molecule has 3 N–H and O–H groups in total. The Morgan fingerprint density at radius 2 is 2.25 bits per heavy atom. The number of hydrogen-bond donors (Lipinski definition) is 2. The smallest absolute Gasteiger partial charge is 0.253 e. The lowest BCUT2D eigenvalue weighted by Crippen LogP contribution is -2.69. The standard InChI is InChI=1S/C18H25N9O2S3/c1-10-11(8-32-18-22-23-24-26(18)5-4-25(2)3)7-30-16-14(15(29)27(10)16)21-13(28)6-12-9-31-17(19)20-12/h9,14,16H,4-8H2,1-3H3,(H2,19,20)(H,21,28)/t14-,16-/m1/s1. The number of carbonyl (C=O) groups is 2. The molecular formula is C18H25N9O2S3. The number of carbonyl (C=O) groups excluding carboxylic acids is 2. The normalized spacial score (nSPS) is 20.5. The summed E-state index contributed by atoms with van der Waals surface area (Å²) in [6, 6.07) is -0.508. The van der Waals surface area contributed by atoms with Crippen LogP contribution in [0.3, 0.4) is 0 Å². The minimum atomic E-state index is -0.508. The Morgan fingerprint density at radius 3 is 2.97 bits per heavy atom. The number of fused-ring (bicyclic) bond motifs is 1. The zero-order valence-electron chi connectivity index (χ0n) is 18.0. The zero-order valence-corrected chi connectivity index (χ0v) is 20.5. The first-order valence-corrected chi connectivity index (χ1v) is 12.9. The van der Waals surface area contributed by atoms with Crippen LogP contribution in [0.15, 0.2) is 21.8 Å². The monoisotopic (exact) mass is 495 g/mol. The highest BCUT2D eigenvalue weighted by atomic mass is 32.2. The molecule has 0 spiro atoms. The number of nitrogens with two attached hydrogens (primary N) is 1. The third-order valence-corrected chi connectivity index (χ3v) is 8.31. The number of allylic oxidation sites excluding steroid dienone is 1. The molecule has 2 aliphatic heterocycles. The number of nitrogens with one attached hydrogen (secondary N) is 1. The molecule has 2 aromatic heterocycles. The van der Waals surface area contributed by atoms with Gasteiger partial charge in [0.05, 0.1) is 18.7 Å². The van der Waals surface area contributed by atoms with Gasteiger partial charge in [-0.25, -0.2) is 9.67 Å². The SMILES string of the molecule is CC1=C(CSc2nnnn2CCN(C)C)CS[C@@H]2[C@H](NC(=O)Cc3csc(N)n3)C(=O)N12. The summed E-state index contributed by atoms with van der Waals surface area (Å²) in [7, 11) is 4.02. The number of nitrogens with zero attached hydrogens (tertiary/aromatic N) is 7. The molecular weight excluding hydrogens is 470 g/mol. The molecule has 0 bridgehead atoms. The van der Waals surface area contributed by atoms with E-state index in [4.69, 9.17) is 5.73 Å². The van der Waals surface area contributed by atoms with Gasteiger partial charge in [0.25, 0.3) is 5.91 Å². The number of hydrogen-bond acceptors (Lipinski definition) is 11. The van der Waals surface area contributed by atoms with E-state index < -0.39 is 6.04 Å². The van der Waals surface area contributed by atoms with Gasteiger partial charge in [-0.05, 0) is 37.0 Å². The van der Waals surface area contributed by atoms with Crippen molar-refractivity contribution in [3.63, 3.8) is 0 Å². The topological polar surface area (TPSA) is 135 Å². The molecule has 4 heterocycles. The number of tetrazole rings is 1. The second-order valence-electron chi connectivity index (χ2n) is 7.77. The first-order valence-electron chi connectivity index (χ1n) is 9.99. The molecule has 0 aliphatic carbocycles. The molecule has 4 rings (SSSR count). The van der Waals surface area contributed by atoms with Gasteiger partial charge in [-0.1, -0.05) is 11.8 Å². The van der Waals surface area contributed by atoms with Crippen LogP contribution in [0.4, 0.5) is 5.13 Å². The van der Waals surface area contributed by atoms with Gasteiger partial charge in [0, 0.05) is 29.1 Å². The molecule has 2 atom stereocenters. The van der Waals surface area contributed by atoms with Gasteiger partial charge < -0.3 is 16.0 Å². The predicted octanol–water partition coefficient (Wildman–Crippen LogP) is 0.282. The van der Waals surface area contributed by atoms with Gasteiger partial charge >= 0.3 is 0 Å². The number of thioether (sulfide) groups is 2. The van der Waals surface area contributed by atoms with Crippen molar-refractivity contribution in [1.29, 1.82) is 0 Å². The molecule has 1 saturated heterocycles. The van der Waals surface area contributed by atoms with E-state index in [1.54, 1.807) is 38.5 Å². The van der Waals surface area contributed by atoms with Crippen molar-refractivity contribution in [1.82, 2.24) is 40.3 Å². The second kappa shape index (κ2) is 9.77. The summed E-state index contributed by atoms with van der Waals surface area (Å²) in [5.74, 6) is 1.20. The first kappa shape index (κ1) is 23.0. The van der Waals surface area contributed by atoms with Gasteiger partial charge in [-0.15, -0.1) is 28.2 Å². The summed E-state index contributed by atoms with van der Waals surface area (Å²) < 4.78 is 1.80. The Balaban J connectivity index is 1.33. The predicted molar refractivity (Wildman–Crippen MR) is 125 cm³/mol. The average Bonchev–Trinajstić information content (AvgIpc) is 3.37. The van der Waals surface area contributed by atoms with E-state index in [2.05, 4.69) is 30.7 Å². The lowest BCUT2D eigenvalue weighted by atomic mass is 10.0. The third-order valence-electron chi connectivity index (χ3n) is 5.21. The van der Waals surface area contributed by atoms with Crippen molar-refractivity contribution in [3.05, 3.63) is 22.3 Å². The van der Waals surface area contributed by atoms with Crippen LogP contribution in [0.2, 0.25) is 0 Å². The summed E-state index contributed by atoms with van der Waals surface area (Å²) in [5.41, 5.74) is 8.36. The molecule has 2 amide bonds. The lowest BCUT2D eigenvalue weighted by molar-refractivity contribution is -0.145. The molecule has 2 aliphatic rings. The van der Waals surface area contributed by atoms with E-state index in [9.17, 15) is 9.59 Å². The summed E-state index contributed by atoms with van der Waals surface area (Å²) in [6.45, 7) is 3.53. The van der Waals surface area contributed by atoms with Gasteiger partial charge in [-0.3, -0.25) is 14.5 Å².